The summed E-state index contributed by atoms with van der Waals surface area (Å²) in [7, 11) is 1.63. The third-order valence-electron chi connectivity index (χ3n) is 5.80. The molecule has 2 aliphatic heterocycles. The first-order valence-corrected chi connectivity index (χ1v) is 11.1. The molecule has 0 aromatic heterocycles. The van der Waals surface area contributed by atoms with Gasteiger partial charge in [-0.05, 0) is 48.4 Å². The van der Waals surface area contributed by atoms with E-state index in [1.807, 2.05) is 79.7 Å². The largest absolute Gasteiger partial charge is 0.497 e. The molecule has 0 bridgehead atoms. The van der Waals surface area contributed by atoms with Gasteiger partial charge in [-0.3, -0.25) is 14.5 Å². The van der Waals surface area contributed by atoms with Gasteiger partial charge in [0.15, 0.2) is 0 Å². The number of methoxy groups -OCH3 is 1. The number of nitrogens with zero attached hydrogens (tertiary/aromatic N) is 2. The molecular formula is C25H22N2O3S. The summed E-state index contributed by atoms with van der Waals surface area (Å²) < 4.78 is 5.35. The number of hydrogen-bond acceptors (Lipinski definition) is 4. The van der Waals surface area contributed by atoms with Crippen molar-refractivity contribution in [2.45, 2.75) is 18.3 Å². The van der Waals surface area contributed by atoms with Gasteiger partial charge in [0.1, 0.15) is 5.75 Å². The first-order valence-electron chi connectivity index (χ1n) is 10.1. The molecule has 1 unspecified atom stereocenters. The van der Waals surface area contributed by atoms with Crippen LogP contribution >= 0.6 is 11.8 Å². The van der Waals surface area contributed by atoms with Crippen LogP contribution in [-0.4, -0.2) is 24.7 Å². The fourth-order valence-corrected chi connectivity index (χ4v) is 5.79. The molecule has 0 N–H and O–H groups in total. The van der Waals surface area contributed by atoms with Gasteiger partial charge in [-0.1, -0.05) is 42.5 Å². The van der Waals surface area contributed by atoms with Gasteiger partial charge in [0, 0.05) is 11.3 Å². The second kappa shape index (κ2) is 7.46. The lowest BCUT2D eigenvalue weighted by atomic mass is 10.0. The van der Waals surface area contributed by atoms with Gasteiger partial charge < -0.3 is 9.64 Å². The first-order chi connectivity index (χ1) is 15.0. The number of rotatable bonds is 4. The Morgan fingerprint density at radius 3 is 2.61 bits per heavy atom. The van der Waals surface area contributed by atoms with Crippen molar-refractivity contribution < 1.29 is 14.3 Å². The Balaban J connectivity index is 1.63. The topological polar surface area (TPSA) is 49.9 Å². The highest BCUT2D eigenvalue weighted by molar-refractivity contribution is 8.02. The Hall–Kier alpha value is -3.25. The smallest absolute Gasteiger partial charge is 0.269 e. The highest BCUT2D eigenvalue weighted by Gasteiger charge is 2.60. The lowest BCUT2D eigenvalue weighted by Crippen LogP contribution is -2.49. The number of hydrogen-bond donors (Lipinski definition) is 0. The minimum Gasteiger partial charge on any atom is -0.497 e. The van der Waals surface area contributed by atoms with Crippen LogP contribution in [0.5, 0.6) is 5.75 Å². The van der Waals surface area contributed by atoms with Crippen molar-refractivity contribution in [2.24, 2.45) is 0 Å². The Bertz CT molecular complexity index is 1190. The number of aryl methyl sites for hydroxylation is 1. The zero-order valence-electron chi connectivity index (χ0n) is 17.4. The quantitative estimate of drug-likeness (QED) is 0.612. The summed E-state index contributed by atoms with van der Waals surface area (Å²) in [4.78, 5) is 29.5. The number of carbonyl (C=O) groups excluding carboxylic acids is 2. The molecule has 2 amide bonds. The van der Waals surface area contributed by atoms with Crippen molar-refractivity contribution in [1.29, 1.82) is 0 Å². The molecule has 1 atom stereocenters. The molecule has 0 saturated carbocycles. The summed E-state index contributed by atoms with van der Waals surface area (Å²) in [6.07, 6.45) is 0. The average molecular weight is 431 g/mol. The molecule has 1 saturated heterocycles. The Kier molecular flexibility index (Phi) is 4.74. The van der Waals surface area contributed by atoms with Crippen molar-refractivity contribution in [1.82, 2.24) is 0 Å². The number of carbonyl (C=O) groups is 2. The summed E-state index contributed by atoms with van der Waals surface area (Å²) >= 11 is 1.40. The third-order valence-corrected chi connectivity index (χ3v) is 7.18. The van der Waals surface area contributed by atoms with Gasteiger partial charge in [-0.15, -0.1) is 11.8 Å². The van der Waals surface area contributed by atoms with Crippen LogP contribution in [0.15, 0.2) is 72.8 Å². The molecule has 3 aromatic carbocycles. The fraction of sp³-hybridized carbons (Fsp3) is 0.200. The molecular weight excluding hydrogens is 408 g/mol. The predicted octanol–water partition coefficient (Wildman–Crippen LogP) is 4.48. The fourth-order valence-electron chi connectivity index (χ4n) is 4.43. The van der Waals surface area contributed by atoms with Gasteiger partial charge >= 0.3 is 0 Å². The third kappa shape index (κ3) is 3.01. The van der Waals surface area contributed by atoms with Crippen LogP contribution in [0.2, 0.25) is 0 Å². The number of ether oxygens (including phenoxy) is 1. The lowest BCUT2D eigenvalue weighted by molar-refractivity contribution is -0.123. The molecule has 2 heterocycles. The second-order valence-electron chi connectivity index (χ2n) is 7.76. The van der Waals surface area contributed by atoms with Gasteiger partial charge in [-0.25, -0.2) is 0 Å². The number of anilines is 2. The van der Waals surface area contributed by atoms with E-state index in [0.717, 1.165) is 33.8 Å². The number of fused-ring (bicyclic) bond motifs is 2. The van der Waals surface area contributed by atoms with E-state index in [4.69, 9.17) is 4.74 Å². The first kappa shape index (κ1) is 19.7. The molecule has 2 aliphatic rings. The summed E-state index contributed by atoms with van der Waals surface area (Å²) in [5.74, 6) is 0.871. The van der Waals surface area contributed by atoms with Gasteiger partial charge in [0.2, 0.25) is 10.8 Å². The highest BCUT2D eigenvalue weighted by atomic mass is 32.2. The maximum Gasteiger partial charge on any atom is 0.269 e. The van der Waals surface area contributed by atoms with E-state index in [2.05, 4.69) is 0 Å². The van der Waals surface area contributed by atoms with E-state index >= 15 is 0 Å². The minimum atomic E-state index is -1.08. The van der Waals surface area contributed by atoms with Crippen molar-refractivity contribution in [3.8, 4) is 5.75 Å². The number of amides is 2. The van der Waals surface area contributed by atoms with E-state index in [-0.39, 0.29) is 17.6 Å². The van der Waals surface area contributed by atoms with E-state index in [1.54, 1.807) is 16.9 Å². The zero-order valence-corrected chi connectivity index (χ0v) is 18.2. The SMILES string of the molecule is COc1cccc(CN2C(=O)C3(SCC(=O)N3c3cccc(C)c3)c3ccccc32)c1. The molecule has 0 radical (unpaired) electrons. The van der Waals surface area contributed by atoms with Crippen LogP contribution in [0, 0.1) is 6.92 Å². The van der Waals surface area contributed by atoms with Gasteiger partial charge in [-0.2, -0.15) is 0 Å². The molecule has 3 aromatic rings. The normalized spacial score (nSPS) is 19.9. The van der Waals surface area contributed by atoms with Crippen molar-refractivity contribution in [3.63, 3.8) is 0 Å². The van der Waals surface area contributed by atoms with Crippen molar-refractivity contribution in [3.05, 3.63) is 89.5 Å². The average Bonchev–Trinajstić information content (AvgIpc) is 3.25. The van der Waals surface area contributed by atoms with Crippen molar-refractivity contribution in [2.75, 3.05) is 22.7 Å². The van der Waals surface area contributed by atoms with E-state index in [1.165, 1.54) is 11.8 Å². The van der Waals surface area contributed by atoms with E-state index < -0.39 is 4.87 Å². The molecule has 0 aliphatic carbocycles. The minimum absolute atomic E-state index is 0.0537. The van der Waals surface area contributed by atoms with E-state index in [0.29, 0.717) is 6.54 Å². The molecule has 156 valence electrons. The molecule has 1 spiro atoms. The Morgan fingerprint density at radius 2 is 1.81 bits per heavy atom. The number of para-hydroxylation sites is 1. The standard InChI is InChI=1S/C25H22N2O3S/c1-17-7-5-9-19(13-17)27-23(28)16-31-25(27)21-11-3-4-12-22(21)26(24(25)29)15-18-8-6-10-20(14-18)30-2/h3-14H,15-16H2,1-2H3. The van der Waals surface area contributed by atoms with Crippen LogP contribution < -0.4 is 14.5 Å². The van der Waals surface area contributed by atoms with Crippen molar-refractivity contribution >= 4 is 35.0 Å². The number of thioether (sulfide) groups is 1. The second-order valence-corrected chi connectivity index (χ2v) is 8.93. The van der Waals surface area contributed by atoms with Crippen LogP contribution in [0.25, 0.3) is 0 Å². The molecule has 1 fully saturated rings. The molecule has 31 heavy (non-hydrogen) atoms. The predicted molar refractivity (Wildman–Crippen MR) is 123 cm³/mol. The summed E-state index contributed by atoms with van der Waals surface area (Å²) in [5.41, 5.74) is 4.47. The highest BCUT2D eigenvalue weighted by Crippen LogP contribution is 2.56. The summed E-state index contributed by atoms with van der Waals surface area (Å²) in [6.45, 7) is 2.40. The van der Waals surface area contributed by atoms with Crippen LogP contribution in [0.1, 0.15) is 16.7 Å². The monoisotopic (exact) mass is 430 g/mol. The maximum atomic E-state index is 14.0. The maximum absolute atomic E-state index is 14.0. The van der Waals surface area contributed by atoms with Gasteiger partial charge in [0.05, 0.1) is 25.1 Å². The molecule has 5 nitrogen and oxygen atoms in total. The van der Waals surface area contributed by atoms with Gasteiger partial charge in [0.25, 0.3) is 5.91 Å². The summed E-state index contributed by atoms with van der Waals surface area (Å²) in [5, 5.41) is 0. The number of benzene rings is 3. The van der Waals surface area contributed by atoms with Crippen LogP contribution in [0.3, 0.4) is 0 Å². The Labute approximate surface area is 185 Å². The molecule has 5 rings (SSSR count). The van der Waals surface area contributed by atoms with Crippen LogP contribution in [0.4, 0.5) is 11.4 Å². The van der Waals surface area contributed by atoms with E-state index in [9.17, 15) is 9.59 Å². The lowest BCUT2D eigenvalue weighted by Gasteiger charge is -2.33. The summed E-state index contributed by atoms with van der Waals surface area (Å²) in [6, 6.07) is 23.3. The zero-order chi connectivity index (χ0) is 21.6. The molecule has 6 heteroatoms. The Morgan fingerprint density at radius 1 is 1.00 bits per heavy atom. The van der Waals surface area contributed by atoms with Crippen LogP contribution in [-0.2, 0) is 21.0 Å².